The summed E-state index contributed by atoms with van der Waals surface area (Å²) in [6.07, 6.45) is 5.03. The first kappa shape index (κ1) is 7.29. The smallest absolute Gasteiger partial charge is 0.258 e. The van der Waals surface area contributed by atoms with E-state index in [9.17, 15) is 10.1 Å². The molecule has 0 aliphatic carbocycles. The van der Waals surface area contributed by atoms with Crippen LogP contribution in [0.2, 0.25) is 0 Å². The third-order valence-corrected chi connectivity index (χ3v) is 1.26. The van der Waals surface area contributed by atoms with Gasteiger partial charge in [-0.15, -0.1) is 6.42 Å². The van der Waals surface area contributed by atoms with Gasteiger partial charge in [-0.05, 0) is 6.07 Å². The molecule has 0 N–H and O–H groups in total. The molecule has 3 heteroatoms. The van der Waals surface area contributed by atoms with Gasteiger partial charge in [-0.2, -0.15) is 0 Å². The van der Waals surface area contributed by atoms with Crippen LogP contribution >= 0.6 is 0 Å². The number of hydrogen-bond donors (Lipinski definition) is 0. The van der Waals surface area contributed by atoms with Crippen molar-refractivity contribution in [1.82, 2.24) is 0 Å². The predicted octanol–water partition coefficient (Wildman–Crippen LogP) is 1.58. The number of para-hydroxylation sites is 1. The lowest BCUT2D eigenvalue weighted by Gasteiger charge is -1.92. The molecular weight excluding hydrogens is 142 g/mol. The molecule has 0 spiro atoms. The van der Waals surface area contributed by atoms with Crippen LogP contribution in [-0.2, 0) is 0 Å². The Balaban J connectivity index is 3.26. The van der Waals surface area contributed by atoms with Crippen molar-refractivity contribution in [2.45, 2.75) is 0 Å². The zero-order valence-electron chi connectivity index (χ0n) is 5.65. The summed E-state index contributed by atoms with van der Waals surface area (Å²) in [6, 6.07) is 6.18. The first-order valence-electron chi connectivity index (χ1n) is 2.95. The van der Waals surface area contributed by atoms with E-state index in [4.69, 9.17) is 6.42 Å². The molecule has 0 radical (unpaired) electrons. The number of nitro benzene ring substituents is 1. The van der Waals surface area contributed by atoms with E-state index >= 15 is 0 Å². The Morgan fingerprint density at radius 1 is 1.45 bits per heavy atom. The van der Waals surface area contributed by atoms with Crippen LogP contribution in [0.15, 0.2) is 24.3 Å². The molecule has 11 heavy (non-hydrogen) atoms. The molecule has 0 fully saturated rings. The molecule has 0 atom stereocenters. The lowest BCUT2D eigenvalue weighted by Crippen LogP contribution is -1.90. The molecule has 0 unspecified atom stereocenters. The number of nitro groups is 1. The minimum absolute atomic E-state index is 0.0185. The highest BCUT2D eigenvalue weighted by atomic mass is 16.6. The van der Waals surface area contributed by atoms with E-state index < -0.39 is 4.92 Å². The summed E-state index contributed by atoms with van der Waals surface area (Å²) in [6.45, 7) is 0. The van der Waals surface area contributed by atoms with Crippen LogP contribution in [0, 0.1) is 22.5 Å². The van der Waals surface area contributed by atoms with Crippen molar-refractivity contribution >= 4 is 5.69 Å². The molecule has 1 aromatic rings. The quantitative estimate of drug-likeness (QED) is 0.344. The second-order valence-electron chi connectivity index (χ2n) is 1.92. The molecule has 54 valence electrons. The van der Waals surface area contributed by atoms with E-state index in [1.54, 1.807) is 12.1 Å². The third-order valence-electron chi connectivity index (χ3n) is 1.26. The van der Waals surface area contributed by atoms with Gasteiger partial charge in [-0.3, -0.25) is 10.1 Å². The van der Waals surface area contributed by atoms with Crippen molar-refractivity contribution in [2.24, 2.45) is 0 Å². The Hall–Kier alpha value is -1.82. The zero-order chi connectivity index (χ0) is 8.27. The highest BCUT2D eigenvalue weighted by molar-refractivity contribution is 5.49. The highest BCUT2D eigenvalue weighted by Crippen LogP contribution is 2.15. The molecule has 0 amide bonds. The standard InChI is InChI=1S/C8H5NO2/c1-2-7-5-3-4-6-8(7)9(10)11/h1,3-6H. The Kier molecular flexibility index (Phi) is 1.88. The number of rotatable bonds is 1. The summed E-state index contributed by atoms with van der Waals surface area (Å²) in [5, 5.41) is 10.3. The molecule has 0 heterocycles. The van der Waals surface area contributed by atoms with Crippen LogP contribution in [-0.4, -0.2) is 4.92 Å². The van der Waals surface area contributed by atoms with Crippen molar-refractivity contribution in [1.29, 1.82) is 0 Å². The van der Waals surface area contributed by atoms with Gasteiger partial charge < -0.3 is 0 Å². The van der Waals surface area contributed by atoms with Gasteiger partial charge in [0.2, 0.25) is 0 Å². The zero-order valence-corrected chi connectivity index (χ0v) is 5.65. The minimum Gasteiger partial charge on any atom is -0.258 e. The van der Waals surface area contributed by atoms with E-state index in [1.165, 1.54) is 12.1 Å². The molecule has 0 bridgehead atoms. The maximum Gasteiger partial charge on any atom is 0.284 e. The van der Waals surface area contributed by atoms with E-state index in [0.717, 1.165) is 0 Å². The van der Waals surface area contributed by atoms with Gasteiger partial charge >= 0.3 is 0 Å². The SMILES string of the molecule is C#Cc1ccccc1[N+](=O)[O-]. The molecular formula is C8H5NO2. The summed E-state index contributed by atoms with van der Waals surface area (Å²) in [5.41, 5.74) is 0.299. The van der Waals surface area contributed by atoms with E-state index in [1.807, 2.05) is 0 Å². The fourth-order valence-electron chi connectivity index (χ4n) is 0.755. The Morgan fingerprint density at radius 3 is 2.55 bits per heavy atom. The van der Waals surface area contributed by atoms with Crippen LogP contribution in [0.1, 0.15) is 5.56 Å². The largest absolute Gasteiger partial charge is 0.284 e. The average Bonchev–Trinajstić information content (AvgIpc) is 2.04. The summed E-state index contributed by atoms with van der Waals surface area (Å²) in [7, 11) is 0. The lowest BCUT2D eigenvalue weighted by atomic mass is 10.2. The summed E-state index contributed by atoms with van der Waals surface area (Å²) >= 11 is 0. The van der Waals surface area contributed by atoms with Gasteiger partial charge in [0.1, 0.15) is 5.56 Å². The van der Waals surface area contributed by atoms with Crippen LogP contribution < -0.4 is 0 Å². The van der Waals surface area contributed by atoms with Crippen molar-refractivity contribution in [2.75, 3.05) is 0 Å². The second-order valence-corrected chi connectivity index (χ2v) is 1.92. The predicted molar refractivity (Wildman–Crippen MR) is 41.0 cm³/mol. The van der Waals surface area contributed by atoms with Crippen LogP contribution in [0.25, 0.3) is 0 Å². The van der Waals surface area contributed by atoms with E-state index in [-0.39, 0.29) is 5.69 Å². The molecule has 3 nitrogen and oxygen atoms in total. The lowest BCUT2D eigenvalue weighted by molar-refractivity contribution is -0.385. The van der Waals surface area contributed by atoms with Crippen LogP contribution in [0.5, 0.6) is 0 Å². The maximum atomic E-state index is 10.3. The maximum absolute atomic E-state index is 10.3. The monoisotopic (exact) mass is 147 g/mol. The summed E-state index contributed by atoms with van der Waals surface area (Å²) in [5.74, 6) is 2.24. The van der Waals surface area contributed by atoms with Gasteiger partial charge in [0.25, 0.3) is 5.69 Å². The van der Waals surface area contributed by atoms with Crippen LogP contribution in [0.3, 0.4) is 0 Å². The molecule has 0 saturated carbocycles. The average molecular weight is 147 g/mol. The third kappa shape index (κ3) is 1.36. The molecule has 0 aliphatic rings. The molecule has 1 rings (SSSR count). The fourth-order valence-corrected chi connectivity index (χ4v) is 0.755. The summed E-state index contributed by atoms with van der Waals surface area (Å²) < 4.78 is 0. The first-order valence-corrected chi connectivity index (χ1v) is 2.95. The Bertz CT molecular complexity index is 325. The van der Waals surface area contributed by atoms with Crippen molar-refractivity contribution in [3.63, 3.8) is 0 Å². The Morgan fingerprint density at radius 2 is 2.09 bits per heavy atom. The number of benzene rings is 1. The number of nitrogens with zero attached hydrogens (tertiary/aromatic N) is 1. The molecule has 1 aromatic carbocycles. The second kappa shape index (κ2) is 2.84. The molecule has 0 aliphatic heterocycles. The highest BCUT2D eigenvalue weighted by Gasteiger charge is 2.08. The normalized spacial score (nSPS) is 8.64. The van der Waals surface area contributed by atoms with Crippen LogP contribution in [0.4, 0.5) is 5.69 Å². The minimum atomic E-state index is -0.491. The molecule has 0 aromatic heterocycles. The summed E-state index contributed by atoms with van der Waals surface area (Å²) in [4.78, 5) is 9.80. The number of terminal acetylenes is 1. The van der Waals surface area contributed by atoms with Gasteiger partial charge in [-0.1, -0.05) is 18.1 Å². The fraction of sp³-hybridized carbons (Fsp3) is 0. The molecule has 0 saturated heterocycles. The van der Waals surface area contributed by atoms with Gasteiger partial charge in [0.15, 0.2) is 0 Å². The van der Waals surface area contributed by atoms with E-state index in [0.29, 0.717) is 5.56 Å². The van der Waals surface area contributed by atoms with Gasteiger partial charge in [-0.25, -0.2) is 0 Å². The van der Waals surface area contributed by atoms with Crippen molar-refractivity contribution in [3.8, 4) is 12.3 Å². The van der Waals surface area contributed by atoms with Crippen molar-refractivity contribution in [3.05, 3.63) is 39.9 Å². The van der Waals surface area contributed by atoms with Gasteiger partial charge in [0, 0.05) is 6.07 Å². The van der Waals surface area contributed by atoms with Crippen molar-refractivity contribution < 1.29 is 4.92 Å². The number of hydrogen-bond acceptors (Lipinski definition) is 2. The Labute approximate surface area is 63.8 Å². The van der Waals surface area contributed by atoms with Gasteiger partial charge in [0.05, 0.1) is 4.92 Å². The topological polar surface area (TPSA) is 43.1 Å². The first-order chi connectivity index (χ1) is 5.25. The van der Waals surface area contributed by atoms with E-state index in [2.05, 4.69) is 5.92 Å².